The topological polar surface area (TPSA) is 70.1 Å². The molecule has 0 radical (unpaired) electrons. The molecule has 102 valence electrons. The van der Waals surface area contributed by atoms with Gasteiger partial charge in [0.05, 0.1) is 12.5 Å². The first kappa shape index (κ1) is 15.2. The summed E-state index contributed by atoms with van der Waals surface area (Å²) in [5, 5.41) is 8.71. The molecule has 2 N–H and O–H groups in total. The monoisotopic (exact) mass is 259 g/mol. The molecule has 1 aromatic rings. The summed E-state index contributed by atoms with van der Waals surface area (Å²) in [5.41, 5.74) is 6.49. The second-order valence-corrected chi connectivity index (χ2v) is 4.50. The Balaban J connectivity index is 2.79. The number of hydrogen-bond donors (Lipinski definition) is 1. The highest BCUT2D eigenvalue weighted by atomic mass is 16.2. The molecule has 0 aromatic heterocycles. The van der Waals surface area contributed by atoms with Crippen LogP contribution in [0, 0.1) is 17.2 Å². The third kappa shape index (κ3) is 4.72. The van der Waals surface area contributed by atoms with Gasteiger partial charge >= 0.3 is 0 Å². The Bertz CT molecular complexity index is 421. The van der Waals surface area contributed by atoms with Crippen LogP contribution in [0.1, 0.15) is 26.2 Å². The molecule has 4 nitrogen and oxygen atoms in total. The van der Waals surface area contributed by atoms with Gasteiger partial charge in [0, 0.05) is 18.7 Å². The average molecular weight is 259 g/mol. The summed E-state index contributed by atoms with van der Waals surface area (Å²) in [6.45, 7) is 2.98. The molecule has 0 saturated heterocycles. The van der Waals surface area contributed by atoms with Crippen molar-refractivity contribution in [2.75, 3.05) is 18.0 Å². The van der Waals surface area contributed by atoms with Gasteiger partial charge in [-0.15, -0.1) is 0 Å². The number of benzene rings is 1. The Kier molecular flexibility index (Phi) is 6.62. The van der Waals surface area contributed by atoms with Gasteiger partial charge in [0.25, 0.3) is 0 Å². The zero-order chi connectivity index (χ0) is 14.1. The van der Waals surface area contributed by atoms with Gasteiger partial charge in [-0.25, -0.2) is 0 Å². The number of carbonyl (C=O) groups is 1. The highest BCUT2D eigenvalue weighted by Gasteiger charge is 2.18. The van der Waals surface area contributed by atoms with Gasteiger partial charge in [-0.2, -0.15) is 5.26 Å². The first-order valence-electron chi connectivity index (χ1n) is 6.65. The van der Waals surface area contributed by atoms with E-state index in [0.29, 0.717) is 25.9 Å². The standard InChI is InChI=1S/C15H21N3O/c1-2-13(12-17)11-15(19)18(10-6-9-16)14-7-4-3-5-8-14/h3-5,7-8,13H,2,6,10-12,17H2,1H3. The van der Waals surface area contributed by atoms with Crippen LogP contribution in [0.5, 0.6) is 0 Å². The zero-order valence-electron chi connectivity index (χ0n) is 11.4. The second-order valence-electron chi connectivity index (χ2n) is 4.50. The molecule has 0 heterocycles. The van der Waals surface area contributed by atoms with Crippen molar-refractivity contribution in [1.82, 2.24) is 0 Å². The molecule has 1 rings (SSSR count). The summed E-state index contributed by atoms with van der Waals surface area (Å²) in [7, 11) is 0. The maximum absolute atomic E-state index is 12.3. The minimum absolute atomic E-state index is 0.0405. The van der Waals surface area contributed by atoms with Crippen LogP contribution in [0.25, 0.3) is 0 Å². The van der Waals surface area contributed by atoms with Crippen LogP contribution < -0.4 is 10.6 Å². The second kappa shape index (κ2) is 8.28. The Morgan fingerprint density at radius 3 is 2.63 bits per heavy atom. The van der Waals surface area contributed by atoms with Crippen molar-refractivity contribution in [2.45, 2.75) is 26.2 Å². The number of nitrogens with zero attached hydrogens (tertiary/aromatic N) is 2. The van der Waals surface area contributed by atoms with Crippen molar-refractivity contribution in [3.8, 4) is 6.07 Å². The lowest BCUT2D eigenvalue weighted by Gasteiger charge is -2.23. The molecule has 1 aromatic carbocycles. The Morgan fingerprint density at radius 2 is 2.11 bits per heavy atom. The largest absolute Gasteiger partial charge is 0.330 e. The fraction of sp³-hybridized carbons (Fsp3) is 0.467. The van der Waals surface area contributed by atoms with Crippen LogP contribution >= 0.6 is 0 Å². The molecule has 0 aliphatic carbocycles. The van der Waals surface area contributed by atoms with E-state index in [0.717, 1.165) is 12.1 Å². The number of hydrogen-bond acceptors (Lipinski definition) is 3. The van der Waals surface area contributed by atoms with Crippen molar-refractivity contribution in [1.29, 1.82) is 5.26 Å². The Hall–Kier alpha value is -1.86. The molecule has 19 heavy (non-hydrogen) atoms. The van der Waals surface area contributed by atoms with E-state index in [1.54, 1.807) is 4.90 Å². The molecular formula is C15H21N3O. The molecule has 1 amide bonds. The molecule has 4 heteroatoms. The summed E-state index contributed by atoms with van der Waals surface area (Å²) in [4.78, 5) is 14.0. The maximum atomic E-state index is 12.3. The van der Waals surface area contributed by atoms with Crippen LogP contribution in [0.4, 0.5) is 5.69 Å². The van der Waals surface area contributed by atoms with Crippen LogP contribution in [-0.4, -0.2) is 19.0 Å². The normalized spacial score (nSPS) is 11.6. The van der Waals surface area contributed by atoms with Crippen molar-refractivity contribution in [3.63, 3.8) is 0 Å². The van der Waals surface area contributed by atoms with Gasteiger partial charge in [-0.3, -0.25) is 4.79 Å². The first-order chi connectivity index (χ1) is 9.22. The van der Waals surface area contributed by atoms with Gasteiger partial charge in [-0.1, -0.05) is 31.5 Å². The van der Waals surface area contributed by atoms with Crippen molar-refractivity contribution in [3.05, 3.63) is 30.3 Å². The number of para-hydroxylation sites is 1. The number of carbonyl (C=O) groups excluding carboxylic acids is 1. The minimum atomic E-state index is 0.0405. The number of nitrogens with two attached hydrogens (primary N) is 1. The van der Waals surface area contributed by atoms with Crippen molar-refractivity contribution in [2.24, 2.45) is 11.7 Å². The van der Waals surface area contributed by atoms with E-state index in [-0.39, 0.29) is 11.8 Å². The average Bonchev–Trinajstić information content (AvgIpc) is 2.46. The lowest BCUT2D eigenvalue weighted by Crippen LogP contribution is -2.34. The molecule has 0 bridgehead atoms. The van der Waals surface area contributed by atoms with E-state index in [4.69, 9.17) is 11.0 Å². The molecule has 0 spiro atoms. The number of rotatable bonds is 7. The van der Waals surface area contributed by atoms with Crippen LogP contribution in [0.2, 0.25) is 0 Å². The summed E-state index contributed by atoms with van der Waals surface area (Å²) < 4.78 is 0. The third-order valence-electron chi connectivity index (χ3n) is 3.19. The lowest BCUT2D eigenvalue weighted by atomic mass is 10.0. The quantitative estimate of drug-likeness (QED) is 0.816. The predicted molar refractivity (Wildman–Crippen MR) is 76.5 cm³/mol. The highest BCUT2D eigenvalue weighted by molar-refractivity contribution is 5.93. The minimum Gasteiger partial charge on any atom is -0.330 e. The zero-order valence-corrected chi connectivity index (χ0v) is 11.4. The third-order valence-corrected chi connectivity index (χ3v) is 3.19. The predicted octanol–water partition coefficient (Wildman–Crippen LogP) is 2.31. The number of nitriles is 1. The SMILES string of the molecule is CCC(CN)CC(=O)N(CCC#N)c1ccccc1. The number of anilines is 1. The Morgan fingerprint density at radius 1 is 1.42 bits per heavy atom. The summed E-state index contributed by atoms with van der Waals surface area (Å²) in [5.74, 6) is 0.250. The Labute approximate surface area is 114 Å². The summed E-state index contributed by atoms with van der Waals surface area (Å²) in [6.07, 6.45) is 1.66. The first-order valence-corrected chi connectivity index (χ1v) is 6.65. The molecule has 0 saturated carbocycles. The van der Waals surface area contributed by atoms with E-state index >= 15 is 0 Å². The van der Waals surface area contributed by atoms with Crippen LogP contribution in [-0.2, 0) is 4.79 Å². The fourth-order valence-electron chi connectivity index (χ4n) is 1.92. The van der Waals surface area contributed by atoms with Crippen LogP contribution in [0.3, 0.4) is 0 Å². The maximum Gasteiger partial charge on any atom is 0.227 e. The van der Waals surface area contributed by atoms with Gasteiger partial charge in [-0.05, 0) is 24.6 Å². The van der Waals surface area contributed by atoms with E-state index in [1.807, 2.05) is 37.3 Å². The molecule has 1 unspecified atom stereocenters. The molecule has 0 aliphatic rings. The van der Waals surface area contributed by atoms with Crippen LogP contribution in [0.15, 0.2) is 30.3 Å². The van der Waals surface area contributed by atoms with Crippen molar-refractivity contribution >= 4 is 11.6 Å². The molecule has 0 fully saturated rings. The molecule has 1 atom stereocenters. The summed E-state index contributed by atoms with van der Waals surface area (Å²) >= 11 is 0. The van der Waals surface area contributed by atoms with Crippen molar-refractivity contribution < 1.29 is 4.79 Å². The fourth-order valence-corrected chi connectivity index (χ4v) is 1.92. The van der Waals surface area contributed by atoms with E-state index < -0.39 is 0 Å². The van der Waals surface area contributed by atoms with E-state index in [9.17, 15) is 4.79 Å². The van der Waals surface area contributed by atoms with Gasteiger partial charge in [0.15, 0.2) is 0 Å². The van der Waals surface area contributed by atoms with E-state index in [2.05, 4.69) is 6.07 Å². The molecule has 0 aliphatic heterocycles. The van der Waals surface area contributed by atoms with Gasteiger partial charge < -0.3 is 10.6 Å². The molecular weight excluding hydrogens is 238 g/mol. The van der Waals surface area contributed by atoms with Gasteiger partial charge in [0.1, 0.15) is 0 Å². The summed E-state index contributed by atoms with van der Waals surface area (Å²) in [6, 6.07) is 11.6. The number of amides is 1. The highest BCUT2D eigenvalue weighted by Crippen LogP contribution is 2.17. The van der Waals surface area contributed by atoms with E-state index in [1.165, 1.54) is 0 Å². The lowest BCUT2D eigenvalue weighted by molar-refractivity contribution is -0.119. The smallest absolute Gasteiger partial charge is 0.227 e. The van der Waals surface area contributed by atoms with Gasteiger partial charge in [0.2, 0.25) is 5.91 Å².